The highest BCUT2D eigenvalue weighted by molar-refractivity contribution is 9.10. The molecule has 0 radical (unpaired) electrons. The molecule has 0 saturated heterocycles. The Balaban J connectivity index is 2.37. The van der Waals surface area contributed by atoms with Gasteiger partial charge in [-0.15, -0.1) is 5.10 Å². The summed E-state index contributed by atoms with van der Waals surface area (Å²) >= 11 is 3.19. The number of nitrogens with zero attached hydrogens (tertiary/aromatic N) is 4. The molecule has 21 heavy (non-hydrogen) atoms. The minimum Gasteiger partial charge on any atom is -0.480 e. The first-order chi connectivity index (χ1) is 9.88. The summed E-state index contributed by atoms with van der Waals surface area (Å²) in [6, 6.07) is 2.92. The fourth-order valence-corrected chi connectivity index (χ4v) is 2.27. The Kier molecular flexibility index (Phi) is 4.53. The molecule has 2 aromatic rings. The van der Waals surface area contributed by atoms with E-state index in [1.54, 1.807) is 19.3 Å². The largest absolute Gasteiger partial charge is 0.480 e. The predicted molar refractivity (Wildman–Crippen MR) is 76.8 cm³/mol. The molecular formula is C12H13BrN4O4. The molecule has 0 spiro atoms. The van der Waals surface area contributed by atoms with Crippen molar-refractivity contribution in [3.63, 3.8) is 0 Å². The molecule has 0 fully saturated rings. The molecule has 1 aromatic carbocycles. The van der Waals surface area contributed by atoms with Crippen molar-refractivity contribution in [2.75, 3.05) is 0 Å². The van der Waals surface area contributed by atoms with Crippen molar-refractivity contribution >= 4 is 21.6 Å². The van der Waals surface area contributed by atoms with Crippen LogP contribution < -0.4 is 4.74 Å². The summed E-state index contributed by atoms with van der Waals surface area (Å²) in [5.74, 6) is 0.0313. The summed E-state index contributed by atoms with van der Waals surface area (Å²) in [7, 11) is 1.71. The third-order valence-electron chi connectivity index (χ3n) is 2.72. The van der Waals surface area contributed by atoms with Crippen molar-refractivity contribution in [1.82, 2.24) is 15.0 Å². The number of aliphatic hydroxyl groups is 1. The Labute approximate surface area is 128 Å². The van der Waals surface area contributed by atoms with Gasteiger partial charge >= 0.3 is 5.69 Å². The van der Waals surface area contributed by atoms with Gasteiger partial charge in [0, 0.05) is 23.2 Å². The number of ether oxygens (including phenoxy) is 1. The van der Waals surface area contributed by atoms with Crippen LogP contribution in [0.5, 0.6) is 5.75 Å². The van der Waals surface area contributed by atoms with Gasteiger partial charge in [0.1, 0.15) is 12.3 Å². The van der Waals surface area contributed by atoms with Crippen LogP contribution in [0.3, 0.4) is 0 Å². The number of benzene rings is 1. The molecule has 0 unspecified atom stereocenters. The van der Waals surface area contributed by atoms with Crippen molar-refractivity contribution < 1.29 is 14.8 Å². The molecule has 2 rings (SSSR count). The second-order valence-corrected chi connectivity index (χ2v) is 5.36. The summed E-state index contributed by atoms with van der Waals surface area (Å²) in [6.45, 7) is 1.54. The highest BCUT2D eigenvalue weighted by Gasteiger charge is 2.23. The number of hydrogen-bond donors (Lipinski definition) is 1. The van der Waals surface area contributed by atoms with E-state index < -0.39 is 11.0 Å². The van der Waals surface area contributed by atoms with Crippen LogP contribution in [0.1, 0.15) is 24.3 Å². The minimum atomic E-state index is -0.905. The summed E-state index contributed by atoms with van der Waals surface area (Å²) in [5.41, 5.74) is 0.649. The zero-order chi connectivity index (χ0) is 15.6. The lowest BCUT2D eigenvalue weighted by Gasteiger charge is -2.13. The second-order valence-electron chi connectivity index (χ2n) is 4.45. The van der Waals surface area contributed by atoms with Gasteiger partial charge in [0.25, 0.3) is 0 Å². The third-order valence-corrected chi connectivity index (χ3v) is 3.18. The first kappa shape index (κ1) is 15.4. The van der Waals surface area contributed by atoms with Gasteiger partial charge in [0.15, 0.2) is 0 Å². The van der Waals surface area contributed by atoms with Crippen LogP contribution in [-0.4, -0.2) is 25.0 Å². The minimum absolute atomic E-state index is 0.0238. The Bertz CT molecular complexity index is 671. The zero-order valence-corrected chi connectivity index (χ0v) is 12.9. The van der Waals surface area contributed by atoms with Crippen molar-refractivity contribution in [2.45, 2.75) is 19.6 Å². The predicted octanol–water partition coefficient (Wildman–Crippen LogP) is 2.12. The standard InChI is InChI=1S/C12H13BrN4O4/c1-7(18)10-3-8(13)4-11(17(19)20)12(10)21-6-9-5-16(2)15-14-9/h3-5,7,18H,6H2,1-2H3/t7-/m0/s1. The maximum absolute atomic E-state index is 11.2. The Morgan fingerprint density at radius 3 is 2.81 bits per heavy atom. The van der Waals surface area contributed by atoms with Crippen LogP contribution in [0.4, 0.5) is 5.69 Å². The third kappa shape index (κ3) is 3.56. The van der Waals surface area contributed by atoms with Gasteiger partial charge in [-0.25, -0.2) is 0 Å². The van der Waals surface area contributed by atoms with E-state index in [4.69, 9.17) is 4.74 Å². The van der Waals surface area contributed by atoms with Crippen LogP contribution >= 0.6 is 15.9 Å². The summed E-state index contributed by atoms with van der Waals surface area (Å²) in [6.07, 6.45) is 0.741. The normalized spacial score (nSPS) is 12.2. The Morgan fingerprint density at radius 1 is 1.57 bits per heavy atom. The molecule has 0 saturated carbocycles. The molecular weight excluding hydrogens is 344 g/mol. The first-order valence-corrected chi connectivity index (χ1v) is 6.81. The molecule has 0 amide bonds. The van der Waals surface area contributed by atoms with Crippen LogP contribution in [0, 0.1) is 10.1 Å². The molecule has 1 atom stereocenters. The van der Waals surface area contributed by atoms with E-state index in [1.807, 2.05) is 0 Å². The molecule has 0 aliphatic rings. The molecule has 1 aromatic heterocycles. The van der Waals surface area contributed by atoms with Crippen LogP contribution in [0.2, 0.25) is 0 Å². The monoisotopic (exact) mass is 356 g/mol. The lowest BCUT2D eigenvalue weighted by atomic mass is 10.1. The van der Waals surface area contributed by atoms with Crippen molar-refractivity contribution in [3.8, 4) is 5.75 Å². The van der Waals surface area contributed by atoms with E-state index in [1.165, 1.54) is 17.7 Å². The number of hydrogen-bond acceptors (Lipinski definition) is 6. The number of nitro groups is 1. The highest BCUT2D eigenvalue weighted by atomic mass is 79.9. The molecule has 0 bridgehead atoms. The summed E-state index contributed by atoms with van der Waals surface area (Å²) in [4.78, 5) is 10.6. The average Bonchev–Trinajstić information content (AvgIpc) is 2.81. The Hall–Kier alpha value is -2.00. The van der Waals surface area contributed by atoms with Gasteiger partial charge in [0.05, 0.1) is 17.2 Å². The smallest absolute Gasteiger partial charge is 0.312 e. The number of aryl methyl sites for hydroxylation is 1. The van der Waals surface area contributed by atoms with Gasteiger partial charge in [-0.05, 0) is 13.0 Å². The van der Waals surface area contributed by atoms with E-state index >= 15 is 0 Å². The zero-order valence-electron chi connectivity index (χ0n) is 11.4. The maximum atomic E-state index is 11.2. The molecule has 0 aliphatic carbocycles. The van der Waals surface area contributed by atoms with E-state index in [2.05, 4.69) is 26.2 Å². The fraction of sp³-hybridized carbons (Fsp3) is 0.333. The summed E-state index contributed by atoms with van der Waals surface area (Å²) < 4.78 is 7.51. The lowest BCUT2D eigenvalue weighted by molar-refractivity contribution is -0.386. The summed E-state index contributed by atoms with van der Waals surface area (Å²) in [5, 5.41) is 28.5. The van der Waals surface area contributed by atoms with E-state index in [9.17, 15) is 15.2 Å². The van der Waals surface area contributed by atoms with Crippen LogP contribution in [0.15, 0.2) is 22.8 Å². The highest BCUT2D eigenvalue weighted by Crippen LogP contribution is 2.38. The Morgan fingerprint density at radius 2 is 2.29 bits per heavy atom. The average molecular weight is 357 g/mol. The maximum Gasteiger partial charge on any atom is 0.312 e. The van der Waals surface area contributed by atoms with E-state index in [0.717, 1.165) is 0 Å². The molecule has 8 nitrogen and oxygen atoms in total. The van der Waals surface area contributed by atoms with Gasteiger partial charge in [-0.2, -0.15) is 0 Å². The second kappa shape index (κ2) is 6.19. The number of aromatic nitrogens is 3. The molecule has 1 N–H and O–H groups in total. The van der Waals surface area contributed by atoms with Gasteiger partial charge in [0.2, 0.25) is 5.75 Å². The molecule has 0 aliphatic heterocycles. The lowest BCUT2D eigenvalue weighted by Crippen LogP contribution is -2.05. The van der Waals surface area contributed by atoms with Crippen LogP contribution in [-0.2, 0) is 13.7 Å². The van der Waals surface area contributed by atoms with E-state index in [-0.39, 0.29) is 18.0 Å². The number of halogens is 1. The molecule has 112 valence electrons. The number of aliphatic hydroxyl groups excluding tert-OH is 1. The SMILES string of the molecule is C[C@H](O)c1cc(Br)cc([N+](=O)[O-])c1OCc1cn(C)nn1. The van der Waals surface area contributed by atoms with E-state index in [0.29, 0.717) is 15.7 Å². The van der Waals surface area contributed by atoms with Gasteiger partial charge < -0.3 is 9.84 Å². The first-order valence-electron chi connectivity index (χ1n) is 6.02. The van der Waals surface area contributed by atoms with Gasteiger partial charge in [-0.1, -0.05) is 21.1 Å². The topological polar surface area (TPSA) is 103 Å². The van der Waals surface area contributed by atoms with Gasteiger partial charge in [-0.3, -0.25) is 14.8 Å². The quantitative estimate of drug-likeness (QED) is 0.649. The number of rotatable bonds is 5. The van der Waals surface area contributed by atoms with Crippen molar-refractivity contribution in [3.05, 3.63) is 44.2 Å². The molecule has 9 heteroatoms. The van der Waals surface area contributed by atoms with Crippen molar-refractivity contribution in [2.24, 2.45) is 7.05 Å². The molecule has 1 heterocycles. The number of nitro benzene ring substituents is 1. The fourth-order valence-electron chi connectivity index (χ4n) is 1.81. The van der Waals surface area contributed by atoms with Crippen LogP contribution in [0.25, 0.3) is 0 Å². The van der Waals surface area contributed by atoms with Crippen molar-refractivity contribution in [1.29, 1.82) is 0 Å².